The Bertz CT molecular complexity index is 1090. The van der Waals surface area contributed by atoms with E-state index in [2.05, 4.69) is 48.5 Å². The van der Waals surface area contributed by atoms with Crippen molar-refractivity contribution in [3.63, 3.8) is 0 Å². The maximum Gasteiger partial charge on any atom is 0.249 e. The van der Waals surface area contributed by atoms with E-state index in [1.54, 1.807) is 12.1 Å². The van der Waals surface area contributed by atoms with Gasteiger partial charge in [-0.1, -0.05) is 69.4 Å². The summed E-state index contributed by atoms with van der Waals surface area (Å²) in [4.78, 5) is 25.9. The van der Waals surface area contributed by atoms with E-state index < -0.39 is 6.04 Å². The van der Waals surface area contributed by atoms with Crippen LogP contribution in [0.1, 0.15) is 46.1 Å². The fourth-order valence-electron chi connectivity index (χ4n) is 3.92. The highest BCUT2D eigenvalue weighted by atomic mass is 32.1. The van der Waals surface area contributed by atoms with Crippen molar-refractivity contribution in [1.29, 1.82) is 0 Å². The summed E-state index contributed by atoms with van der Waals surface area (Å²) in [5, 5.41) is 14.7. The molecule has 180 valence electrons. The molecule has 6 nitrogen and oxygen atoms in total. The highest BCUT2D eigenvalue weighted by Crippen LogP contribution is 2.27. The van der Waals surface area contributed by atoms with Gasteiger partial charge in [0.2, 0.25) is 16.9 Å². The molecule has 8 heteroatoms. The molecule has 1 aromatic heterocycles. The van der Waals surface area contributed by atoms with Crippen LogP contribution in [0.2, 0.25) is 0 Å². The zero-order valence-corrected chi connectivity index (χ0v) is 20.8. The van der Waals surface area contributed by atoms with Gasteiger partial charge in [0.1, 0.15) is 16.9 Å². The average molecular weight is 483 g/mol. The van der Waals surface area contributed by atoms with Crippen LogP contribution in [0.15, 0.2) is 54.6 Å². The van der Waals surface area contributed by atoms with Gasteiger partial charge in [-0.2, -0.15) is 0 Å². The van der Waals surface area contributed by atoms with Gasteiger partial charge in [0.05, 0.1) is 0 Å². The number of rotatable bonds is 9. The van der Waals surface area contributed by atoms with Crippen molar-refractivity contribution in [2.24, 2.45) is 11.3 Å². The second-order valence-corrected chi connectivity index (χ2v) is 10.8. The molecule has 0 aliphatic rings. The Morgan fingerprint density at radius 3 is 2.35 bits per heavy atom. The number of hydrogen-bond donors (Lipinski definition) is 2. The Labute approximate surface area is 204 Å². The van der Waals surface area contributed by atoms with Crippen molar-refractivity contribution in [1.82, 2.24) is 15.5 Å². The van der Waals surface area contributed by atoms with Gasteiger partial charge in [0.15, 0.2) is 0 Å². The first-order valence-corrected chi connectivity index (χ1v) is 12.1. The molecule has 0 aliphatic heterocycles. The van der Waals surface area contributed by atoms with Crippen molar-refractivity contribution in [2.75, 3.05) is 5.32 Å². The number of nitrogens with zero attached hydrogens (tertiary/aromatic N) is 2. The van der Waals surface area contributed by atoms with Crippen molar-refractivity contribution in [2.45, 2.75) is 53.0 Å². The van der Waals surface area contributed by atoms with Gasteiger partial charge < -0.3 is 5.32 Å². The molecule has 34 heavy (non-hydrogen) atoms. The first-order valence-electron chi connectivity index (χ1n) is 11.3. The fraction of sp³-hybridized carbons (Fsp3) is 0.385. The van der Waals surface area contributed by atoms with Crippen LogP contribution in [-0.2, 0) is 16.0 Å². The van der Waals surface area contributed by atoms with Crippen molar-refractivity contribution >= 4 is 28.3 Å². The van der Waals surface area contributed by atoms with E-state index in [0.717, 1.165) is 12.0 Å². The normalized spacial score (nSPS) is 13.2. The Balaban J connectivity index is 1.69. The smallest absolute Gasteiger partial charge is 0.249 e. The lowest BCUT2D eigenvalue weighted by Gasteiger charge is -2.24. The quantitative estimate of drug-likeness (QED) is 0.423. The Kier molecular flexibility index (Phi) is 8.50. The van der Waals surface area contributed by atoms with Gasteiger partial charge in [-0.15, -0.1) is 10.2 Å². The number of carbonyl (C=O) groups excluding carboxylic acids is 2. The second-order valence-electron chi connectivity index (χ2n) is 9.79. The Morgan fingerprint density at radius 1 is 1.03 bits per heavy atom. The topological polar surface area (TPSA) is 84.0 Å². The summed E-state index contributed by atoms with van der Waals surface area (Å²) < 4.78 is 13.2. The molecule has 0 saturated carbocycles. The molecule has 3 aromatic rings. The largest absolute Gasteiger partial charge is 0.344 e. The third kappa shape index (κ3) is 8.02. The van der Waals surface area contributed by atoms with Gasteiger partial charge in [-0.3, -0.25) is 14.9 Å². The van der Waals surface area contributed by atoms with Crippen LogP contribution >= 0.6 is 11.3 Å². The van der Waals surface area contributed by atoms with Gasteiger partial charge >= 0.3 is 0 Å². The second kappa shape index (κ2) is 11.3. The lowest BCUT2D eigenvalue weighted by Crippen LogP contribution is -2.45. The minimum absolute atomic E-state index is 0.126. The third-order valence-electron chi connectivity index (χ3n) is 5.18. The summed E-state index contributed by atoms with van der Waals surface area (Å²) in [6.07, 6.45) is 1.62. The first-order chi connectivity index (χ1) is 16.1. The summed E-state index contributed by atoms with van der Waals surface area (Å²) in [6, 6.07) is 14.7. The van der Waals surface area contributed by atoms with Crippen LogP contribution in [0.3, 0.4) is 0 Å². The molecule has 0 aliphatic carbocycles. The molecule has 0 radical (unpaired) electrons. The van der Waals surface area contributed by atoms with Gasteiger partial charge in [-0.05, 0) is 47.6 Å². The molecule has 2 unspecified atom stereocenters. The monoisotopic (exact) mass is 482 g/mol. The van der Waals surface area contributed by atoms with Crippen LogP contribution in [0.4, 0.5) is 9.52 Å². The van der Waals surface area contributed by atoms with Crippen LogP contribution in [0.5, 0.6) is 0 Å². The number of amides is 2. The van der Waals surface area contributed by atoms with Crippen LogP contribution < -0.4 is 10.6 Å². The number of nitrogens with one attached hydrogen (secondary N) is 2. The van der Waals surface area contributed by atoms with Gasteiger partial charge in [0.25, 0.3) is 0 Å². The number of hydrogen-bond acceptors (Lipinski definition) is 5. The molecular weight excluding hydrogens is 451 g/mol. The number of anilines is 1. The van der Waals surface area contributed by atoms with Crippen LogP contribution in [0.25, 0.3) is 10.6 Å². The standard InChI is InChI=1S/C26H31FN4O2S/c1-17(16-26(2,3)4)14-22(32)28-21(15-18-8-6-5-7-9-18)23(33)29-25-31-30-24(34-25)19-10-12-20(27)13-11-19/h5-13,17,21H,14-16H2,1-4H3,(H,28,32)(H,29,31,33). The zero-order chi connectivity index (χ0) is 24.7. The van der Waals surface area contributed by atoms with Crippen molar-refractivity contribution in [3.8, 4) is 10.6 Å². The lowest BCUT2D eigenvalue weighted by molar-refractivity contribution is -0.127. The van der Waals surface area contributed by atoms with Crippen LogP contribution in [0, 0.1) is 17.2 Å². The molecule has 0 bridgehead atoms. The number of carbonyl (C=O) groups is 2. The highest BCUT2D eigenvalue weighted by Gasteiger charge is 2.25. The molecule has 2 aromatic carbocycles. The molecular formula is C26H31FN4O2S. The number of benzene rings is 2. The summed E-state index contributed by atoms with van der Waals surface area (Å²) in [7, 11) is 0. The lowest BCUT2D eigenvalue weighted by atomic mass is 9.84. The molecule has 2 N–H and O–H groups in total. The molecule has 0 saturated heterocycles. The molecule has 3 rings (SSSR count). The SMILES string of the molecule is CC(CC(=O)NC(Cc1ccccc1)C(=O)Nc1nnc(-c2ccc(F)cc2)s1)CC(C)(C)C. The maximum atomic E-state index is 13.2. The molecule has 0 fully saturated rings. The fourth-order valence-corrected chi connectivity index (χ4v) is 4.67. The van der Waals surface area contributed by atoms with E-state index in [-0.39, 0.29) is 29.0 Å². The summed E-state index contributed by atoms with van der Waals surface area (Å²) >= 11 is 1.19. The molecule has 2 atom stereocenters. The summed E-state index contributed by atoms with van der Waals surface area (Å²) in [6.45, 7) is 8.50. The van der Waals surface area contributed by atoms with E-state index in [4.69, 9.17) is 0 Å². The molecule has 1 heterocycles. The third-order valence-corrected chi connectivity index (χ3v) is 6.06. The predicted octanol–water partition coefficient (Wildman–Crippen LogP) is 5.47. The minimum atomic E-state index is -0.755. The summed E-state index contributed by atoms with van der Waals surface area (Å²) in [5.41, 5.74) is 1.77. The zero-order valence-electron chi connectivity index (χ0n) is 20.0. The molecule has 2 amide bonds. The van der Waals surface area contributed by atoms with E-state index in [1.165, 1.54) is 23.5 Å². The minimum Gasteiger partial charge on any atom is -0.344 e. The average Bonchev–Trinajstić information content (AvgIpc) is 3.21. The van der Waals surface area contributed by atoms with Crippen LogP contribution in [-0.4, -0.2) is 28.1 Å². The molecule has 0 spiro atoms. The van der Waals surface area contributed by atoms with Gasteiger partial charge in [0, 0.05) is 18.4 Å². The van der Waals surface area contributed by atoms with Crippen molar-refractivity contribution < 1.29 is 14.0 Å². The highest BCUT2D eigenvalue weighted by molar-refractivity contribution is 7.18. The first kappa shape index (κ1) is 25.5. The summed E-state index contributed by atoms with van der Waals surface area (Å²) in [5.74, 6) is -0.653. The van der Waals surface area contributed by atoms with E-state index in [9.17, 15) is 14.0 Å². The van der Waals surface area contributed by atoms with E-state index >= 15 is 0 Å². The van der Waals surface area contributed by atoms with Crippen molar-refractivity contribution in [3.05, 3.63) is 66.0 Å². The van der Waals surface area contributed by atoms with E-state index in [0.29, 0.717) is 28.5 Å². The predicted molar refractivity (Wildman–Crippen MR) is 134 cm³/mol. The number of aromatic nitrogens is 2. The Hall–Kier alpha value is -3.13. The Morgan fingerprint density at radius 2 is 1.71 bits per heavy atom. The van der Waals surface area contributed by atoms with Gasteiger partial charge in [-0.25, -0.2) is 4.39 Å². The maximum absolute atomic E-state index is 13.2. The van der Waals surface area contributed by atoms with E-state index in [1.807, 2.05) is 30.3 Å². The number of halogens is 1.